The number of nitrogens with zero attached hydrogens (tertiary/aromatic N) is 1. The molecule has 2 amide bonds. The summed E-state index contributed by atoms with van der Waals surface area (Å²) in [5, 5.41) is 2.78. The lowest BCUT2D eigenvalue weighted by molar-refractivity contribution is -0.135. The monoisotopic (exact) mass is 366 g/mol. The molecule has 1 N–H and O–H groups in total. The van der Waals surface area contributed by atoms with Gasteiger partial charge in [0.1, 0.15) is 5.75 Å². The van der Waals surface area contributed by atoms with Gasteiger partial charge in [0.2, 0.25) is 11.8 Å². The highest BCUT2D eigenvalue weighted by atomic mass is 16.5. The van der Waals surface area contributed by atoms with E-state index in [1.54, 1.807) is 29.2 Å². The van der Waals surface area contributed by atoms with Crippen LogP contribution < -0.4 is 15.0 Å². The fraction of sp³-hybridized carbons (Fsp3) is 0.286. The van der Waals surface area contributed by atoms with Gasteiger partial charge in [-0.1, -0.05) is 30.3 Å². The van der Waals surface area contributed by atoms with Crippen LogP contribution >= 0.6 is 0 Å². The van der Waals surface area contributed by atoms with Crippen LogP contribution in [0.5, 0.6) is 5.75 Å². The van der Waals surface area contributed by atoms with Crippen LogP contribution in [0.2, 0.25) is 0 Å². The van der Waals surface area contributed by atoms with Gasteiger partial charge in [0.05, 0.1) is 12.5 Å². The number of anilines is 1. The summed E-state index contributed by atoms with van der Waals surface area (Å²) in [5.74, 6) is -0.135. The van der Waals surface area contributed by atoms with Crippen molar-refractivity contribution in [1.29, 1.82) is 0 Å². The van der Waals surface area contributed by atoms with Crippen molar-refractivity contribution in [2.24, 2.45) is 0 Å². The molecule has 1 atom stereocenters. The maximum atomic E-state index is 12.3. The van der Waals surface area contributed by atoms with Gasteiger partial charge in [0.25, 0.3) is 0 Å². The largest absolute Gasteiger partial charge is 0.426 e. The van der Waals surface area contributed by atoms with Gasteiger partial charge in [0.15, 0.2) is 0 Å². The van der Waals surface area contributed by atoms with Crippen molar-refractivity contribution >= 4 is 23.5 Å². The third-order valence-electron chi connectivity index (χ3n) is 4.40. The third kappa shape index (κ3) is 4.94. The minimum Gasteiger partial charge on any atom is -0.426 e. The molecule has 6 nitrogen and oxygen atoms in total. The summed E-state index contributed by atoms with van der Waals surface area (Å²) >= 11 is 0. The standard InChI is InChI=1S/C21H22N2O4/c1-15(24)22-19(16-6-3-2-4-7-16)14-21(26)27-18-11-9-17(10-12-18)23-13-5-8-20(23)25/h2-4,6-7,9-12,19H,5,8,13-14H2,1H3,(H,22,24). The molecular weight excluding hydrogens is 344 g/mol. The van der Waals surface area contributed by atoms with E-state index >= 15 is 0 Å². The summed E-state index contributed by atoms with van der Waals surface area (Å²) < 4.78 is 5.40. The Morgan fingerprint density at radius 2 is 1.81 bits per heavy atom. The molecule has 0 spiro atoms. The van der Waals surface area contributed by atoms with Crippen LogP contribution in [0, 0.1) is 0 Å². The molecule has 1 unspecified atom stereocenters. The van der Waals surface area contributed by atoms with Crippen molar-refractivity contribution in [2.75, 3.05) is 11.4 Å². The topological polar surface area (TPSA) is 75.7 Å². The van der Waals surface area contributed by atoms with Gasteiger partial charge < -0.3 is 15.0 Å². The second kappa shape index (κ2) is 8.49. The SMILES string of the molecule is CC(=O)NC(CC(=O)Oc1ccc(N2CCCC2=O)cc1)c1ccccc1. The highest BCUT2D eigenvalue weighted by molar-refractivity contribution is 5.95. The Morgan fingerprint density at radius 1 is 1.11 bits per heavy atom. The molecule has 27 heavy (non-hydrogen) atoms. The first-order valence-electron chi connectivity index (χ1n) is 8.96. The average Bonchev–Trinajstić information content (AvgIpc) is 3.08. The number of ether oxygens (including phenoxy) is 1. The molecule has 6 heteroatoms. The number of nitrogens with one attached hydrogen (secondary N) is 1. The Hall–Kier alpha value is -3.15. The molecule has 1 aliphatic heterocycles. The van der Waals surface area contributed by atoms with Gasteiger partial charge in [-0.25, -0.2) is 0 Å². The number of rotatable bonds is 6. The van der Waals surface area contributed by atoms with E-state index < -0.39 is 12.0 Å². The number of carbonyl (C=O) groups excluding carboxylic acids is 3. The maximum Gasteiger partial charge on any atom is 0.313 e. The molecule has 0 aromatic heterocycles. The van der Waals surface area contributed by atoms with Crippen LogP contribution in [0.3, 0.4) is 0 Å². The van der Waals surface area contributed by atoms with E-state index in [1.807, 2.05) is 30.3 Å². The fourth-order valence-electron chi connectivity index (χ4n) is 3.14. The average molecular weight is 366 g/mol. The predicted octanol–water partition coefficient (Wildman–Crippen LogP) is 2.99. The van der Waals surface area contributed by atoms with Crippen molar-refractivity contribution in [3.63, 3.8) is 0 Å². The third-order valence-corrected chi connectivity index (χ3v) is 4.40. The Balaban J connectivity index is 1.63. The highest BCUT2D eigenvalue weighted by Crippen LogP contribution is 2.25. The summed E-state index contributed by atoms with van der Waals surface area (Å²) in [6.45, 7) is 2.13. The van der Waals surface area contributed by atoms with Gasteiger partial charge >= 0.3 is 5.97 Å². The maximum absolute atomic E-state index is 12.3. The molecule has 2 aromatic carbocycles. The zero-order valence-corrected chi connectivity index (χ0v) is 15.2. The number of carbonyl (C=O) groups is 3. The molecule has 0 aliphatic carbocycles. The number of benzene rings is 2. The van der Waals surface area contributed by atoms with Crippen LogP contribution in [0.15, 0.2) is 54.6 Å². The Morgan fingerprint density at radius 3 is 2.41 bits per heavy atom. The van der Waals surface area contributed by atoms with Crippen molar-refractivity contribution in [3.8, 4) is 5.75 Å². The van der Waals surface area contributed by atoms with Crippen LogP contribution in [0.4, 0.5) is 5.69 Å². The molecule has 0 radical (unpaired) electrons. The quantitative estimate of drug-likeness (QED) is 0.630. The van der Waals surface area contributed by atoms with Gasteiger partial charge in [-0.3, -0.25) is 14.4 Å². The van der Waals surface area contributed by atoms with Crippen molar-refractivity contribution in [2.45, 2.75) is 32.2 Å². The van der Waals surface area contributed by atoms with Gasteiger partial charge in [-0.05, 0) is 36.2 Å². The summed E-state index contributed by atoms with van der Waals surface area (Å²) in [6, 6.07) is 15.7. The van der Waals surface area contributed by atoms with Crippen LogP contribution in [0.1, 0.15) is 37.8 Å². The molecule has 1 heterocycles. The predicted molar refractivity (Wildman–Crippen MR) is 101 cm³/mol. The van der Waals surface area contributed by atoms with Gasteiger partial charge in [-0.15, -0.1) is 0 Å². The summed E-state index contributed by atoms with van der Waals surface area (Å²) in [4.78, 5) is 37.3. The summed E-state index contributed by atoms with van der Waals surface area (Å²) in [6.07, 6.45) is 1.45. The zero-order valence-electron chi connectivity index (χ0n) is 15.2. The van der Waals surface area contributed by atoms with Crippen LogP contribution in [-0.4, -0.2) is 24.3 Å². The van der Waals surface area contributed by atoms with E-state index in [4.69, 9.17) is 4.74 Å². The van der Waals surface area contributed by atoms with E-state index in [1.165, 1.54) is 6.92 Å². The van der Waals surface area contributed by atoms with E-state index in [0.29, 0.717) is 18.7 Å². The number of esters is 1. The fourth-order valence-corrected chi connectivity index (χ4v) is 3.14. The molecule has 2 aromatic rings. The molecule has 0 saturated carbocycles. The second-order valence-electron chi connectivity index (χ2n) is 6.48. The number of hydrogen-bond donors (Lipinski definition) is 1. The number of hydrogen-bond acceptors (Lipinski definition) is 4. The molecular formula is C21H22N2O4. The van der Waals surface area contributed by atoms with Crippen LogP contribution in [0.25, 0.3) is 0 Å². The minimum absolute atomic E-state index is 0.0238. The molecule has 0 bridgehead atoms. The first-order valence-corrected chi connectivity index (χ1v) is 8.96. The minimum atomic E-state index is -0.447. The van der Waals surface area contributed by atoms with Crippen molar-refractivity contribution in [3.05, 3.63) is 60.2 Å². The molecule has 3 rings (SSSR count). The Kier molecular flexibility index (Phi) is 5.86. The van der Waals surface area contributed by atoms with E-state index in [-0.39, 0.29) is 18.2 Å². The van der Waals surface area contributed by atoms with Crippen LogP contribution in [-0.2, 0) is 14.4 Å². The van der Waals surface area contributed by atoms with Gasteiger partial charge in [0, 0.05) is 25.6 Å². The first-order chi connectivity index (χ1) is 13.0. The molecule has 1 fully saturated rings. The van der Waals surface area contributed by atoms with Gasteiger partial charge in [-0.2, -0.15) is 0 Å². The summed E-state index contributed by atoms with van der Waals surface area (Å²) in [5.41, 5.74) is 1.64. The molecule has 1 aliphatic rings. The first kappa shape index (κ1) is 18.6. The lowest BCUT2D eigenvalue weighted by Gasteiger charge is -2.18. The lowest BCUT2D eigenvalue weighted by Crippen LogP contribution is -2.29. The van der Waals surface area contributed by atoms with Crippen molar-refractivity contribution in [1.82, 2.24) is 5.32 Å². The second-order valence-corrected chi connectivity index (χ2v) is 6.48. The molecule has 1 saturated heterocycles. The van der Waals surface area contributed by atoms with E-state index in [9.17, 15) is 14.4 Å². The Labute approximate surface area is 158 Å². The Bertz CT molecular complexity index is 818. The molecule has 140 valence electrons. The number of amides is 2. The smallest absolute Gasteiger partial charge is 0.313 e. The highest BCUT2D eigenvalue weighted by Gasteiger charge is 2.22. The lowest BCUT2D eigenvalue weighted by atomic mass is 10.0. The van der Waals surface area contributed by atoms with E-state index in [0.717, 1.165) is 17.7 Å². The van der Waals surface area contributed by atoms with E-state index in [2.05, 4.69) is 5.32 Å². The summed E-state index contributed by atoms with van der Waals surface area (Å²) in [7, 11) is 0. The van der Waals surface area contributed by atoms with Crippen molar-refractivity contribution < 1.29 is 19.1 Å². The normalized spacial score (nSPS) is 14.7. The zero-order chi connectivity index (χ0) is 19.2.